The number of aliphatic hydroxyl groups excluding tert-OH is 2. The van der Waals surface area contributed by atoms with E-state index in [1.165, 1.54) is 0 Å². The van der Waals surface area contributed by atoms with Gasteiger partial charge in [-0.3, -0.25) is 4.90 Å². The van der Waals surface area contributed by atoms with E-state index >= 15 is 0 Å². The molecule has 3 aromatic heterocycles. The van der Waals surface area contributed by atoms with E-state index in [2.05, 4.69) is 40.4 Å². The van der Waals surface area contributed by atoms with Crippen molar-refractivity contribution in [3.63, 3.8) is 0 Å². The fourth-order valence-electron chi connectivity index (χ4n) is 4.75. The quantitative estimate of drug-likeness (QED) is 0.198. The smallest absolute Gasteiger partial charge is 0.127 e. The molecule has 0 atom stereocenters. The lowest BCUT2D eigenvalue weighted by molar-refractivity contribution is 0.156. The Morgan fingerprint density at radius 1 is 1.11 bits per heavy atom. The molecule has 0 unspecified atom stereocenters. The number of benzene rings is 2. The number of ether oxygens (including phenoxy) is 1. The summed E-state index contributed by atoms with van der Waals surface area (Å²) in [5.41, 5.74) is 6.26. The maximum atomic E-state index is 9.89. The summed E-state index contributed by atoms with van der Waals surface area (Å²) < 4.78 is 5.69. The maximum absolute atomic E-state index is 9.89. The minimum atomic E-state index is 0.0263. The summed E-state index contributed by atoms with van der Waals surface area (Å²) in [6.07, 6.45) is 3.54. The third kappa shape index (κ3) is 4.95. The second-order valence-electron chi connectivity index (χ2n) is 9.05. The molecule has 38 heavy (non-hydrogen) atoms. The number of nitriles is 1. The number of nitrogens with one attached hydrogen (secondary N) is 2. The van der Waals surface area contributed by atoms with Crippen molar-refractivity contribution in [1.29, 1.82) is 5.26 Å². The van der Waals surface area contributed by atoms with E-state index in [-0.39, 0.29) is 13.2 Å². The van der Waals surface area contributed by atoms with Gasteiger partial charge in [-0.25, -0.2) is 4.98 Å². The number of aromatic amines is 1. The third-order valence-electron chi connectivity index (χ3n) is 6.71. The Balaban J connectivity index is 1.57. The van der Waals surface area contributed by atoms with Crippen LogP contribution in [0.3, 0.4) is 0 Å². The van der Waals surface area contributed by atoms with Crippen molar-refractivity contribution in [2.45, 2.75) is 13.5 Å². The van der Waals surface area contributed by atoms with Crippen LogP contribution in [0.15, 0.2) is 54.9 Å². The standard InChI is InChI=1S/C29H29N5O3S/c1-18-21-7-8-31-25(21)5-4-24(18)33-28-20(15-30)16-32-29-23(28)14-27(38-29)22-13-19(3-6-26(22)37-2)17-34(9-11-35)10-12-36/h3-8,13-14,16,31,35-36H,9-12,17H2,1-2H3,(H,32,33). The number of hydrogen-bond acceptors (Lipinski definition) is 8. The number of hydrogen-bond donors (Lipinski definition) is 4. The van der Waals surface area contributed by atoms with Gasteiger partial charge < -0.3 is 25.3 Å². The molecule has 8 nitrogen and oxygen atoms in total. The van der Waals surface area contributed by atoms with Gasteiger partial charge in [-0.15, -0.1) is 11.3 Å². The van der Waals surface area contributed by atoms with E-state index in [9.17, 15) is 15.5 Å². The Morgan fingerprint density at radius 2 is 1.92 bits per heavy atom. The molecule has 3 heterocycles. The summed E-state index contributed by atoms with van der Waals surface area (Å²) in [5.74, 6) is 0.736. The molecule has 0 fully saturated rings. The van der Waals surface area contributed by atoms with Gasteiger partial charge in [0.1, 0.15) is 16.6 Å². The fraction of sp³-hybridized carbons (Fsp3) is 0.241. The Morgan fingerprint density at radius 3 is 2.66 bits per heavy atom. The molecule has 9 heteroatoms. The normalized spacial score (nSPS) is 11.4. The summed E-state index contributed by atoms with van der Waals surface area (Å²) in [4.78, 5) is 11.6. The highest BCUT2D eigenvalue weighted by atomic mass is 32.1. The first-order valence-electron chi connectivity index (χ1n) is 12.3. The lowest BCUT2D eigenvalue weighted by Crippen LogP contribution is -2.29. The SMILES string of the molecule is COc1ccc(CN(CCO)CCO)cc1-c1cc2c(Nc3ccc4[nH]ccc4c3C)c(C#N)cnc2s1. The molecule has 5 rings (SSSR count). The molecule has 4 N–H and O–H groups in total. The van der Waals surface area contributed by atoms with E-state index in [0.29, 0.717) is 25.2 Å². The second kappa shape index (κ2) is 11.2. The molecule has 194 valence electrons. The number of pyridine rings is 1. The van der Waals surface area contributed by atoms with Gasteiger partial charge in [0.05, 0.1) is 31.6 Å². The molecule has 0 bridgehead atoms. The summed E-state index contributed by atoms with van der Waals surface area (Å²) in [6.45, 7) is 3.67. The lowest BCUT2D eigenvalue weighted by Gasteiger charge is -2.20. The summed E-state index contributed by atoms with van der Waals surface area (Å²) in [7, 11) is 1.65. The summed E-state index contributed by atoms with van der Waals surface area (Å²) in [6, 6.07) is 16.5. The highest BCUT2D eigenvalue weighted by Crippen LogP contribution is 2.42. The molecule has 0 saturated carbocycles. The van der Waals surface area contributed by atoms with Gasteiger partial charge in [0, 0.05) is 64.4 Å². The van der Waals surface area contributed by atoms with Crippen molar-refractivity contribution in [3.8, 4) is 22.3 Å². The number of methoxy groups -OCH3 is 1. The molecule has 0 spiro atoms. The van der Waals surface area contributed by atoms with E-state index in [0.717, 1.165) is 59.8 Å². The Kier molecular flexibility index (Phi) is 7.58. The average Bonchev–Trinajstić information content (AvgIpc) is 3.58. The largest absolute Gasteiger partial charge is 0.496 e. The van der Waals surface area contributed by atoms with Crippen LogP contribution < -0.4 is 10.1 Å². The third-order valence-corrected chi connectivity index (χ3v) is 7.79. The van der Waals surface area contributed by atoms with Crippen LogP contribution in [0.5, 0.6) is 5.75 Å². The van der Waals surface area contributed by atoms with E-state index in [4.69, 9.17) is 4.74 Å². The number of rotatable bonds is 10. The summed E-state index contributed by atoms with van der Waals surface area (Å²) >= 11 is 1.54. The molecule has 2 aromatic carbocycles. The van der Waals surface area contributed by atoms with Crippen LogP contribution in [-0.2, 0) is 6.54 Å². The highest BCUT2D eigenvalue weighted by molar-refractivity contribution is 7.22. The molecule has 0 aliphatic rings. The number of aliphatic hydroxyl groups is 2. The van der Waals surface area contributed by atoms with E-state index in [1.54, 1.807) is 24.6 Å². The number of thiophene rings is 1. The summed E-state index contributed by atoms with van der Waals surface area (Å²) in [5, 5.41) is 34.2. The number of nitrogens with zero attached hydrogens (tertiary/aromatic N) is 3. The van der Waals surface area contributed by atoms with Crippen molar-refractivity contribution in [1.82, 2.24) is 14.9 Å². The van der Waals surface area contributed by atoms with Gasteiger partial charge in [0.2, 0.25) is 0 Å². The van der Waals surface area contributed by atoms with E-state index in [1.807, 2.05) is 41.4 Å². The molecule has 5 aromatic rings. The van der Waals surface area contributed by atoms with Gasteiger partial charge in [-0.2, -0.15) is 5.26 Å². The second-order valence-corrected chi connectivity index (χ2v) is 10.1. The molecule has 0 aliphatic heterocycles. The lowest BCUT2D eigenvalue weighted by atomic mass is 10.1. The highest BCUT2D eigenvalue weighted by Gasteiger charge is 2.18. The van der Waals surface area contributed by atoms with Crippen molar-refractivity contribution >= 4 is 43.8 Å². The van der Waals surface area contributed by atoms with E-state index < -0.39 is 0 Å². The first-order valence-corrected chi connectivity index (χ1v) is 13.2. The van der Waals surface area contributed by atoms with Gasteiger partial charge in [0.25, 0.3) is 0 Å². The van der Waals surface area contributed by atoms with Crippen molar-refractivity contribution < 1.29 is 14.9 Å². The first kappa shape index (κ1) is 25.7. The molecule has 0 amide bonds. The van der Waals surface area contributed by atoms with Gasteiger partial charge >= 0.3 is 0 Å². The van der Waals surface area contributed by atoms with Crippen LogP contribution in [0.2, 0.25) is 0 Å². The van der Waals surface area contributed by atoms with Gasteiger partial charge in [-0.05, 0) is 54.4 Å². The van der Waals surface area contributed by atoms with Crippen molar-refractivity contribution in [2.75, 3.05) is 38.7 Å². The van der Waals surface area contributed by atoms with Crippen LogP contribution in [0, 0.1) is 18.3 Å². The number of aromatic nitrogens is 2. The first-order chi connectivity index (χ1) is 18.6. The minimum Gasteiger partial charge on any atom is -0.496 e. The molecule has 0 aliphatic carbocycles. The number of aryl methyl sites for hydroxylation is 1. The zero-order chi connectivity index (χ0) is 26.6. The fourth-order valence-corrected chi connectivity index (χ4v) is 5.78. The van der Waals surface area contributed by atoms with Crippen LogP contribution in [0.4, 0.5) is 11.4 Å². The van der Waals surface area contributed by atoms with Crippen molar-refractivity contribution in [2.24, 2.45) is 0 Å². The monoisotopic (exact) mass is 527 g/mol. The molecule has 0 saturated heterocycles. The Labute approximate surface area is 224 Å². The average molecular weight is 528 g/mol. The van der Waals surface area contributed by atoms with Gasteiger partial charge in [-0.1, -0.05) is 6.07 Å². The zero-order valence-electron chi connectivity index (χ0n) is 21.3. The minimum absolute atomic E-state index is 0.0263. The molecular weight excluding hydrogens is 498 g/mol. The maximum Gasteiger partial charge on any atom is 0.127 e. The predicted molar refractivity (Wildman–Crippen MR) is 152 cm³/mol. The zero-order valence-corrected chi connectivity index (χ0v) is 22.1. The molecular formula is C29H29N5O3S. The van der Waals surface area contributed by atoms with Crippen molar-refractivity contribution in [3.05, 3.63) is 71.5 Å². The number of fused-ring (bicyclic) bond motifs is 2. The molecule has 0 radical (unpaired) electrons. The van der Waals surface area contributed by atoms with Crippen LogP contribution >= 0.6 is 11.3 Å². The topological polar surface area (TPSA) is 117 Å². The van der Waals surface area contributed by atoms with Crippen LogP contribution in [0.1, 0.15) is 16.7 Å². The predicted octanol–water partition coefficient (Wildman–Crippen LogP) is 5.16. The van der Waals surface area contributed by atoms with Gasteiger partial charge in [0.15, 0.2) is 0 Å². The number of H-pyrrole nitrogens is 1. The Bertz CT molecular complexity index is 1630. The van der Waals surface area contributed by atoms with Crippen LogP contribution in [0.25, 0.3) is 31.6 Å². The van der Waals surface area contributed by atoms with Crippen LogP contribution in [-0.4, -0.2) is 58.5 Å². The Hall–Kier alpha value is -3.94. The number of anilines is 2.